The number of unbranched alkanes of at least 4 members (excludes halogenated alkanes) is 3. The van der Waals surface area contributed by atoms with Crippen LogP contribution in [0.4, 0.5) is 0 Å². The molecule has 1 aromatic rings. The van der Waals surface area contributed by atoms with E-state index in [1.165, 1.54) is 44.1 Å². The van der Waals surface area contributed by atoms with Crippen molar-refractivity contribution in [2.45, 2.75) is 77.7 Å². The lowest BCUT2D eigenvalue weighted by molar-refractivity contribution is 0.197. The summed E-state index contributed by atoms with van der Waals surface area (Å²) in [7, 11) is 0. The minimum absolute atomic E-state index is 0.128. The number of hydrogen-bond donors (Lipinski definition) is 0. The Morgan fingerprint density at radius 3 is 2.86 bits per heavy atom. The Hall–Kier alpha value is -1.56. The van der Waals surface area contributed by atoms with E-state index in [1.54, 1.807) is 0 Å². The highest BCUT2D eigenvalue weighted by Gasteiger charge is 2.17. The fraction of sp³-hybridized carbons (Fsp3) is 0.667. The van der Waals surface area contributed by atoms with Gasteiger partial charge < -0.3 is 4.74 Å². The van der Waals surface area contributed by atoms with Gasteiger partial charge in [0.25, 0.3) is 0 Å². The molecule has 0 amide bonds. The van der Waals surface area contributed by atoms with E-state index in [9.17, 15) is 5.26 Å². The number of fused-ring (bicyclic) bond motifs is 1. The number of ether oxygens (including phenoxy) is 1. The molecule has 21 heavy (non-hydrogen) atoms. The largest absolute Gasteiger partial charge is 0.474 e. The minimum atomic E-state index is 0.128. The number of aromatic nitrogens is 1. The summed E-state index contributed by atoms with van der Waals surface area (Å²) in [6, 6.07) is 4.23. The topological polar surface area (TPSA) is 45.9 Å². The highest BCUT2D eigenvalue weighted by atomic mass is 16.5. The molecular formula is C18H26N2O. The van der Waals surface area contributed by atoms with E-state index >= 15 is 0 Å². The van der Waals surface area contributed by atoms with Crippen molar-refractivity contribution in [3.63, 3.8) is 0 Å². The van der Waals surface area contributed by atoms with E-state index in [0.717, 1.165) is 25.0 Å². The third-order valence-electron chi connectivity index (χ3n) is 4.16. The lowest BCUT2D eigenvalue weighted by atomic mass is 9.95. The molecule has 0 aliphatic heterocycles. The van der Waals surface area contributed by atoms with Crippen molar-refractivity contribution in [2.75, 3.05) is 0 Å². The predicted molar refractivity (Wildman–Crippen MR) is 84.4 cm³/mol. The standard InChI is InChI=1S/C18H26N2O/c1-3-4-5-6-9-14(2)21-18-16(13-19)12-15-10-7-8-11-17(15)20-18/h12,14H,3-11H2,1-2H3. The van der Waals surface area contributed by atoms with Crippen LogP contribution in [0.25, 0.3) is 0 Å². The Morgan fingerprint density at radius 1 is 1.29 bits per heavy atom. The normalized spacial score (nSPS) is 15.1. The molecule has 0 saturated heterocycles. The Bertz CT molecular complexity index is 505. The van der Waals surface area contributed by atoms with Crippen molar-refractivity contribution in [3.05, 3.63) is 22.9 Å². The van der Waals surface area contributed by atoms with Gasteiger partial charge in [-0.1, -0.05) is 26.2 Å². The molecule has 3 nitrogen and oxygen atoms in total. The fourth-order valence-electron chi connectivity index (χ4n) is 2.89. The quantitative estimate of drug-likeness (QED) is 0.690. The number of nitrogens with zero attached hydrogens (tertiary/aromatic N) is 2. The zero-order chi connectivity index (χ0) is 15.1. The summed E-state index contributed by atoms with van der Waals surface area (Å²) in [6.45, 7) is 4.30. The van der Waals surface area contributed by atoms with Crippen molar-refractivity contribution >= 4 is 0 Å². The van der Waals surface area contributed by atoms with Gasteiger partial charge in [0, 0.05) is 5.69 Å². The molecule has 1 aliphatic carbocycles. The molecule has 3 heteroatoms. The lowest BCUT2D eigenvalue weighted by Gasteiger charge is -2.19. The van der Waals surface area contributed by atoms with Crippen LogP contribution >= 0.6 is 0 Å². The molecule has 0 aromatic carbocycles. The van der Waals surface area contributed by atoms with E-state index in [0.29, 0.717) is 11.4 Å². The van der Waals surface area contributed by atoms with Gasteiger partial charge in [-0.15, -0.1) is 0 Å². The van der Waals surface area contributed by atoms with Gasteiger partial charge in [-0.3, -0.25) is 0 Å². The molecule has 1 atom stereocenters. The summed E-state index contributed by atoms with van der Waals surface area (Å²) in [5, 5.41) is 9.31. The monoisotopic (exact) mass is 286 g/mol. The van der Waals surface area contributed by atoms with Gasteiger partial charge in [-0.05, 0) is 57.1 Å². The number of rotatable bonds is 7. The number of aryl methyl sites for hydroxylation is 2. The summed E-state index contributed by atoms with van der Waals surface area (Å²) in [5.41, 5.74) is 2.96. The summed E-state index contributed by atoms with van der Waals surface area (Å²) in [6.07, 6.45) is 10.6. The van der Waals surface area contributed by atoms with E-state index in [2.05, 4.69) is 24.9 Å². The van der Waals surface area contributed by atoms with Crippen LogP contribution in [0, 0.1) is 11.3 Å². The Balaban J connectivity index is 2.00. The van der Waals surface area contributed by atoms with Crippen LogP contribution in [-0.4, -0.2) is 11.1 Å². The highest BCUT2D eigenvalue weighted by molar-refractivity contribution is 5.43. The summed E-state index contributed by atoms with van der Waals surface area (Å²) in [4.78, 5) is 4.62. The molecule has 1 aliphatic rings. The van der Waals surface area contributed by atoms with Crippen LogP contribution in [0.1, 0.15) is 75.6 Å². The first-order valence-corrected chi connectivity index (χ1v) is 8.34. The lowest BCUT2D eigenvalue weighted by Crippen LogP contribution is -2.15. The van der Waals surface area contributed by atoms with Gasteiger partial charge in [-0.2, -0.15) is 5.26 Å². The van der Waals surface area contributed by atoms with Crippen LogP contribution in [0.15, 0.2) is 6.07 Å². The number of hydrogen-bond acceptors (Lipinski definition) is 3. The van der Waals surface area contributed by atoms with Crippen LogP contribution in [0.2, 0.25) is 0 Å². The predicted octanol–water partition coefficient (Wildman–Crippen LogP) is 4.57. The Morgan fingerprint density at radius 2 is 2.10 bits per heavy atom. The van der Waals surface area contributed by atoms with Gasteiger partial charge in [0.05, 0.1) is 6.10 Å². The first-order valence-electron chi connectivity index (χ1n) is 8.34. The van der Waals surface area contributed by atoms with Crippen molar-refractivity contribution in [1.29, 1.82) is 5.26 Å². The maximum absolute atomic E-state index is 9.31. The van der Waals surface area contributed by atoms with Crippen LogP contribution < -0.4 is 4.74 Å². The molecule has 1 unspecified atom stereocenters. The molecule has 2 rings (SSSR count). The van der Waals surface area contributed by atoms with E-state index in [4.69, 9.17) is 4.74 Å². The zero-order valence-corrected chi connectivity index (χ0v) is 13.3. The molecular weight excluding hydrogens is 260 g/mol. The van der Waals surface area contributed by atoms with Crippen molar-refractivity contribution in [2.24, 2.45) is 0 Å². The molecule has 1 aromatic heterocycles. The second-order valence-electron chi connectivity index (χ2n) is 6.04. The molecule has 0 radical (unpaired) electrons. The summed E-state index contributed by atoms with van der Waals surface area (Å²) in [5.74, 6) is 0.543. The zero-order valence-electron chi connectivity index (χ0n) is 13.3. The second kappa shape index (κ2) is 8.02. The molecule has 1 heterocycles. The maximum atomic E-state index is 9.31. The third kappa shape index (κ3) is 4.46. The smallest absolute Gasteiger partial charge is 0.232 e. The molecule has 0 saturated carbocycles. The van der Waals surface area contributed by atoms with Gasteiger partial charge in [0.2, 0.25) is 5.88 Å². The SMILES string of the molecule is CCCCCCC(C)Oc1nc2c(cc1C#N)CCCC2. The molecule has 0 fully saturated rings. The average Bonchev–Trinajstić information content (AvgIpc) is 2.51. The summed E-state index contributed by atoms with van der Waals surface area (Å²) < 4.78 is 5.95. The van der Waals surface area contributed by atoms with Crippen molar-refractivity contribution in [1.82, 2.24) is 4.98 Å². The molecule has 0 N–H and O–H groups in total. The van der Waals surface area contributed by atoms with Gasteiger partial charge in [0.15, 0.2) is 0 Å². The van der Waals surface area contributed by atoms with Crippen LogP contribution in [-0.2, 0) is 12.8 Å². The first-order chi connectivity index (χ1) is 10.2. The van der Waals surface area contributed by atoms with Crippen molar-refractivity contribution in [3.8, 4) is 11.9 Å². The van der Waals surface area contributed by atoms with Crippen LogP contribution in [0.3, 0.4) is 0 Å². The fourth-order valence-corrected chi connectivity index (χ4v) is 2.89. The van der Waals surface area contributed by atoms with Gasteiger partial charge in [-0.25, -0.2) is 4.98 Å². The van der Waals surface area contributed by atoms with Gasteiger partial charge in [0.1, 0.15) is 11.6 Å². The third-order valence-corrected chi connectivity index (χ3v) is 4.16. The summed E-state index contributed by atoms with van der Waals surface area (Å²) >= 11 is 0. The minimum Gasteiger partial charge on any atom is -0.474 e. The molecule has 114 valence electrons. The highest BCUT2D eigenvalue weighted by Crippen LogP contribution is 2.26. The molecule has 0 bridgehead atoms. The number of nitriles is 1. The van der Waals surface area contributed by atoms with Crippen molar-refractivity contribution < 1.29 is 4.74 Å². The Labute approximate surface area is 128 Å². The second-order valence-corrected chi connectivity index (χ2v) is 6.04. The van der Waals surface area contributed by atoms with Crippen LogP contribution in [0.5, 0.6) is 5.88 Å². The average molecular weight is 286 g/mol. The van der Waals surface area contributed by atoms with Gasteiger partial charge >= 0.3 is 0 Å². The van der Waals surface area contributed by atoms with E-state index < -0.39 is 0 Å². The number of pyridine rings is 1. The molecule has 0 spiro atoms. The Kier molecular flexibility index (Phi) is 6.04. The maximum Gasteiger partial charge on any atom is 0.232 e. The first kappa shape index (κ1) is 15.8. The van der Waals surface area contributed by atoms with E-state index in [-0.39, 0.29) is 6.10 Å². The van der Waals surface area contributed by atoms with E-state index in [1.807, 2.05) is 6.07 Å².